The van der Waals surface area contributed by atoms with Gasteiger partial charge in [-0.05, 0) is 32.2 Å². The Hall–Kier alpha value is -0.650. The van der Waals surface area contributed by atoms with E-state index in [4.69, 9.17) is 11.5 Å². The van der Waals surface area contributed by atoms with Crippen LogP contribution in [0.25, 0.3) is 0 Å². The molecule has 5 nitrogen and oxygen atoms in total. The van der Waals surface area contributed by atoms with Gasteiger partial charge in [0.05, 0.1) is 5.54 Å². The molecule has 4 N–H and O–H groups in total. The maximum atomic E-state index is 11.1. The molecule has 1 aliphatic rings. The fourth-order valence-electron chi connectivity index (χ4n) is 2.50. The van der Waals surface area contributed by atoms with Crippen LogP contribution in [0.5, 0.6) is 0 Å². The number of rotatable bonds is 7. The molecule has 1 unspecified atom stereocenters. The van der Waals surface area contributed by atoms with Crippen LogP contribution in [0.15, 0.2) is 0 Å². The third-order valence-corrected chi connectivity index (χ3v) is 3.82. The lowest BCUT2D eigenvalue weighted by atomic mass is 9.96. The molecule has 0 bridgehead atoms. The summed E-state index contributed by atoms with van der Waals surface area (Å²) in [7, 11) is 0. The lowest BCUT2D eigenvalue weighted by molar-refractivity contribution is -0.122. The molecular formula is C14H30N4O. The van der Waals surface area contributed by atoms with Gasteiger partial charge < -0.3 is 21.3 Å². The average Bonchev–Trinajstić information content (AvgIpc) is 2.30. The van der Waals surface area contributed by atoms with Crippen LogP contribution in [0.4, 0.5) is 0 Å². The fourth-order valence-corrected chi connectivity index (χ4v) is 2.50. The zero-order valence-corrected chi connectivity index (χ0v) is 12.7. The summed E-state index contributed by atoms with van der Waals surface area (Å²) in [4.78, 5) is 16.1. The van der Waals surface area contributed by atoms with E-state index >= 15 is 0 Å². The Bertz CT molecular complexity index is 283. The summed E-state index contributed by atoms with van der Waals surface area (Å²) in [6, 6.07) is 0. The molecule has 0 aromatic carbocycles. The van der Waals surface area contributed by atoms with Gasteiger partial charge in [-0.1, -0.05) is 13.8 Å². The Morgan fingerprint density at radius 1 is 1.21 bits per heavy atom. The van der Waals surface area contributed by atoms with Crippen LogP contribution in [0.1, 0.15) is 33.6 Å². The summed E-state index contributed by atoms with van der Waals surface area (Å²) < 4.78 is 0. The van der Waals surface area contributed by atoms with Crippen molar-refractivity contribution in [1.29, 1.82) is 0 Å². The first-order valence-electron chi connectivity index (χ1n) is 7.35. The van der Waals surface area contributed by atoms with Crippen LogP contribution in [0, 0.1) is 5.92 Å². The van der Waals surface area contributed by atoms with Gasteiger partial charge in [-0.25, -0.2) is 0 Å². The van der Waals surface area contributed by atoms with Crippen molar-refractivity contribution in [3.05, 3.63) is 0 Å². The highest BCUT2D eigenvalue weighted by molar-refractivity contribution is 5.83. The minimum Gasteiger partial charge on any atom is -0.368 e. The smallest absolute Gasteiger partial charge is 0.237 e. The van der Waals surface area contributed by atoms with E-state index in [-0.39, 0.29) is 0 Å². The van der Waals surface area contributed by atoms with E-state index in [1.807, 2.05) is 0 Å². The Labute approximate surface area is 117 Å². The lowest BCUT2D eigenvalue weighted by Gasteiger charge is -2.35. The second-order valence-corrected chi connectivity index (χ2v) is 6.42. The molecule has 1 rings (SSSR count). The quantitative estimate of drug-likeness (QED) is 0.695. The van der Waals surface area contributed by atoms with E-state index in [0.717, 1.165) is 45.1 Å². The van der Waals surface area contributed by atoms with Crippen LogP contribution in [0.3, 0.4) is 0 Å². The molecule has 1 saturated heterocycles. The molecule has 0 saturated carbocycles. The maximum Gasteiger partial charge on any atom is 0.237 e. The normalized spacial score (nSPS) is 21.5. The molecule has 19 heavy (non-hydrogen) atoms. The number of amides is 1. The molecular weight excluding hydrogens is 240 g/mol. The van der Waals surface area contributed by atoms with Crippen LogP contribution in [0.2, 0.25) is 0 Å². The zero-order chi connectivity index (χ0) is 14.5. The van der Waals surface area contributed by atoms with E-state index < -0.39 is 11.4 Å². The van der Waals surface area contributed by atoms with Gasteiger partial charge in [-0.2, -0.15) is 0 Å². The molecule has 0 spiro atoms. The van der Waals surface area contributed by atoms with Gasteiger partial charge in [0.1, 0.15) is 0 Å². The molecule has 1 amide bonds. The van der Waals surface area contributed by atoms with Crippen molar-refractivity contribution in [3.63, 3.8) is 0 Å². The highest BCUT2D eigenvalue weighted by Crippen LogP contribution is 2.11. The molecule has 0 aromatic heterocycles. The summed E-state index contributed by atoms with van der Waals surface area (Å²) in [5.74, 6) is 0.328. The maximum absolute atomic E-state index is 11.1. The number of carbonyl (C=O) groups excluding carboxylic acids is 1. The molecule has 1 aliphatic heterocycles. The zero-order valence-electron chi connectivity index (χ0n) is 12.7. The van der Waals surface area contributed by atoms with Crippen molar-refractivity contribution >= 4 is 5.91 Å². The lowest BCUT2D eigenvalue weighted by Crippen LogP contribution is -2.50. The van der Waals surface area contributed by atoms with Gasteiger partial charge in [0.15, 0.2) is 0 Å². The van der Waals surface area contributed by atoms with Gasteiger partial charge in [-0.15, -0.1) is 0 Å². The van der Waals surface area contributed by atoms with Gasteiger partial charge in [0.25, 0.3) is 0 Å². The van der Waals surface area contributed by atoms with Crippen LogP contribution < -0.4 is 11.5 Å². The fraction of sp³-hybridized carbons (Fsp3) is 0.929. The highest BCUT2D eigenvalue weighted by atomic mass is 16.1. The van der Waals surface area contributed by atoms with Crippen LogP contribution >= 0.6 is 0 Å². The van der Waals surface area contributed by atoms with Gasteiger partial charge in [-0.3, -0.25) is 4.79 Å². The number of hydrogen-bond donors (Lipinski definition) is 2. The summed E-state index contributed by atoms with van der Waals surface area (Å²) in [6.45, 7) is 13.0. The third-order valence-electron chi connectivity index (χ3n) is 3.82. The minimum atomic E-state index is -0.862. The van der Waals surface area contributed by atoms with Crippen molar-refractivity contribution in [2.45, 2.75) is 39.2 Å². The standard InChI is InChI=1S/C14H30N4O/c1-12(2)11-18-9-7-17(8-10-18)6-4-5-14(3,16)13(15)19/h12H,4-11,16H2,1-3H3,(H2,15,19). The number of nitrogens with two attached hydrogens (primary N) is 2. The number of piperazine rings is 1. The van der Waals surface area contributed by atoms with Crippen LogP contribution in [-0.2, 0) is 4.79 Å². The molecule has 1 fully saturated rings. The van der Waals surface area contributed by atoms with Crippen molar-refractivity contribution < 1.29 is 4.79 Å². The van der Waals surface area contributed by atoms with E-state index in [0.29, 0.717) is 6.42 Å². The topological polar surface area (TPSA) is 75.6 Å². The second kappa shape index (κ2) is 7.22. The predicted octanol–water partition coefficient (Wildman–Crippen LogP) is 0.243. The SMILES string of the molecule is CC(C)CN1CCN(CCCC(C)(N)C(N)=O)CC1. The van der Waals surface area contributed by atoms with Gasteiger partial charge in [0, 0.05) is 32.7 Å². The van der Waals surface area contributed by atoms with Crippen molar-refractivity contribution in [2.24, 2.45) is 17.4 Å². The Kier molecular flexibility index (Phi) is 6.23. The van der Waals surface area contributed by atoms with Crippen molar-refractivity contribution in [2.75, 3.05) is 39.3 Å². The molecule has 0 radical (unpaired) electrons. The summed E-state index contributed by atoms with van der Waals surface area (Å²) in [6.07, 6.45) is 1.59. The average molecular weight is 270 g/mol. The number of carbonyl (C=O) groups is 1. The summed E-state index contributed by atoms with van der Waals surface area (Å²) in [5, 5.41) is 0. The molecule has 112 valence electrons. The summed E-state index contributed by atoms with van der Waals surface area (Å²) >= 11 is 0. The first kappa shape index (κ1) is 16.4. The Morgan fingerprint density at radius 2 is 1.74 bits per heavy atom. The number of hydrogen-bond acceptors (Lipinski definition) is 4. The highest BCUT2D eigenvalue weighted by Gasteiger charge is 2.25. The number of primary amides is 1. The van der Waals surface area contributed by atoms with Crippen LogP contribution in [-0.4, -0.2) is 60.5 Å². The molecule has 0 aliphatic carbocycles. The third kappa shape index (κ3) is 5.89. The van der Waals surface area contributed by atoms with E-state index in [1.54, 1.807) is 6.92 Å². The van der Waals surface area contributed by atoms with Crippen molar-refractivity contribution in [3.8, 4) is 0 Å². The minimum absolute atomic E-state index is 0.408. The second-order valence-electron chi connectivity index (χ2n) is 6.42. The first-order valence-corrected chi connectivity index (χ1v) is 7.35. The van der Waals surface area contributed by atoms with E-state index in [2.05, 4.69) is 23.6 Å². The van der Waals surface area contributed by atoms with E-state index in [9.17, 15) is 4.79 Å². The Morgan fingerprint density at radius 3 is 2.21 bits per heavy atom. The molecule has 1 atom stereocenters. The first-order chi connectivity index (χ1) is 8.81. The van der Waals surface area contributed by atoms with E-state index in [1.165, 1.54) is 6.54 Å². The largest absolute Gasteiger partial charge is 0.368 e. The van der Waals surface area contributed by atoms with Crippen molar-refractivity contribution in [1.82, 2.24) is 9.80 Å². The van der Waals surface area contributed by atoms with Gasteiger partial charge >= 0.3 is 0 Å². The summed E-state index contributed by atoms with van der Waals surface area (Å²) in [5.41, 5.74) is 10.3. The molecule has 1 heterocycles. The predicted molar refractivity (Wildman–Crippen MR) is 78.7 cm³/mol. The Balaban J connectivity index is 2.18. The monoisotopic (exact) mass is 270 g/mol. The van der Waals surface area contributed by atoms with Gasteiger partial charge in [0.2, 0.25) is 5.91 Å². The molecule has 5 heteroatoms. The number of nitrogens with zero attached hydrogens (tertiary/aromatic N) is 2. The molecule has 0 aromatic rings.